The number of nitrogens with one attached hydrogen (secondary N) is 2. The standard InChI is InChI=1S/C23H18ClN3O2S2/c1-13-8-9-17-19(11-13)31-21(20(17)24)23(29)27-26-14(2)15-5-3-6-16(12-15)25-22(28)18-7-4-10-30-18/h3-12H,1-2H3,(H,25,28)(H,27,29)/b26-14+. The third-order valence-corrected chi connectivity index (χ3v) is 7.12. The highest BCUT2D eigenvalue weighted by atomic mass is 35.5. The maximum absolute atomic E-state index is 12.7. The Kier molecular flexibility index (Phi) is 6.18. The molecule has 0 spiro atoms. The highest BCUT2D eigenvalue weighted by Crippen LogP contribution is 2.35. The number of carbonyl (C=O) groups excluding carboxylic acids is 2. The van der Waals surface area contributed by atoms with Gasteiger partial charge in [-0.25, -0.2) is 5.43 Å². The normalized spacial score (nSPS) is 11.5. The molecule has 156 valence electrons. The number of hydrazone groups is 1. The summed E-state index contributed by atoms with van der Waals surface area (Å²) in [6.07, 6.45) is 0. The molecular weight excluding hydrogens is 450 g/mol. The molecule has 0 aliphatic carbocycles. The van der Waals surface area contributed by atoms with E-state index in [1.807, 2.05) is 54.8 Å². The number of rotatable bonds is 5. The molecule has 2 amide bonds. The fourth-order valence-corrected chi connectivity index (χ4v) is 5.11. The monoisotopic (exact) mass is 467 g/mol. The van der Waals surface area contributed by atoms with Crippen molar-refractivity contribution in [1.82, 2.24) is 5.43 Å². The van der Waals surface area contributed by atoms with E-state index in [4.69, 9.17) is 11.6 Å². The van der Waals surface area contributed by atoms with E-state index in [2.05, 4.69) is 15.8 Å². The van der Waals surface area contributed by atoms with Crippen molar-refractivity contribution in [1.29, 1.82) is 0 Å². The predicted molar refractivity (Wildman–Crippen MR) is 130 cm³/mol. The molecule has 0 aliphatic heterocycles. The summed E-state index contributed by atoms with van der Waals surface area (Å²) in [4.78, 5) is 26.0. The molecule has 0 saturated heterocycles. The number of benzene rings is 2. The number of carbonyl (C=O) groups is 2. The first-order chi connectivity index (χ1) is 14.9. The summed E-state index contributed by atoms with van der Waals surface area (Å²) in [5, 5.41) is 10.2. The number of thiophene rings is 2. The summed E-state index contributed by atoms with van der Waals surface area (Å²) >= 11 is 9.13. The molecule has 2 N–H and O–H groups in total. The Morgan fingerprint density at radius 2 is 1.87 bits per heavy atom. The van der Waals surface area contributed by atoms with E-state index in [9.17, 15) is 9.59 Å². The van der Waals surface area contributed by atoms with Gasteiger partial charge in [-0.1, -0.05) is 41.9 Å². The summed E-state index contributed by atoms with van der Waals surface area (Å²) in [5.74, 6) is -0.518. The van der Waals surface area contributed by atoms with E-state index in [1.165, 1.54) is 22.7 Å². The molecule has 4 rings (SSSR count). The van der Waals surface area contributed by atoms with Gasteiger partial charge in [-0.3, -0.25) is 9.59 Å². The van der Waals surface area contributed by atoms with Crippen molar-refractivity contribution in [3.63, 3.8) is 0 Å². The smallest absolute Gasteiger partial charge is 0.283 e. The lowest BCUT2D eigenvalue weighted by Crippen LogP contribution is -2.18. The van der Waals surface area contributed by atoms with E-state index < -0.39 is 0 Å². The van der Waals surface area contributed by atoms with Crippen LogP contribution in [0.5, 0.6) is 0 Å². The molecule has 0 bridgehead atoms. The summed E-state index contributed by atoms with van der Waals surface area (Å²) in [6.45, 7) is 3.79. The Morgan fingerprint density at radius 3 is 2.65 bits per heavy atom. The molecule has 2 aromatic carbocycles. The maximum atomic E-state index is 12.7. The third-order valence-electron chi connectivity index (χ3n) is 4.60. The molecule has 8 heteroatoms. The van der Waals surface area contributed by atoms with Crippen molar-refractivity contribution in [3.05, 3.63) is 85.9 Å². The molecule has 0 saturated carbocycles. The second-order valence-electron chi connectivity index (χ2n) is 6.90. The van der Waals surface area contributed by atoms with Crippen molar-refractivity contribution in [2.24, 2.45) is 5.10 Å². The van der Waals surface area contributed by atoms with Crippen LogP contribution in [-0.4, -0.2) is 17.5 Å². The zero-order chi connectivity index (χ0) is 22.0. The van der Waals surface area contributed by atoms with Gasteiger partial charge in [0.2, 0.25) is 0 Å². The van der Waals surface area contributed by atoms with Gasteiger partial charge >= 0.3 is 0 Å². The zero-order valence-electron chi connectivity index (χ0n) is 16.7. The number of nitrogens with zero attached hydrogens (tertiary/aromatic N) is 1. The van der Waals surface area contributed by atoms with Crippen molar-refractivity contribution >= 4 is 67.6 Å². The largest absolute Gasteiger partial charge is 0.321 e. The van der Waals surface area contributed by atoms with Gasteiger partial charge in [0.05, 0.1) is 15.6 Å². The number of amides is 2. The Labute approximate surface area is 192 Å². The summed E-state index contributed by atoms with van der Waals surface area (Å²) in [7, 11) is 0. The van der Waals surface area contributed by atoms with Crippen LogP contribution >= 0.6 is 34.3 Å². The van der Waals surface area contributed by atoms with Gasteiger partial charge < -0.3 is 5.32 Å². The number of aryl methyl sites for hydroxylation is 1. The Balaban J connectivity index is 1.49. The van der Waals surface area contributed by atoms with Crippen LogP contribution in [-0.2, 0) is 0 Å². The first kappa shape index (κ1) is 21.2. The Bertz CT molecular complexity index is 1310. The van der Waals surface area contributed by atoms with Crippen molar-refractivity contribution in [3.8, 4) is 0 Å². The van der Waals surface area contributed by atoms with E-state index in [1.54, 1.807) is 19.1 Å². The lowest BCUT2D eigenvalue weighted by atomic mass is 10.1. The van der Waals surface area contributed by atoms with Crippen LogP contribution < -0.4 is 10.7 Å². The molecule has 0 fully saturated rings. The SMILES string of the molecule is C/C(=N\NC(=O)c1sc2cc(C)ccc2c1Cl)c1cccc(NC(=O)c2cccs2)c1. The van der Waals surface area contributed by atoms with Crippen molar-refractivity contribution < 1.29 is 9.59 Å². The quantitative estimate of drug-likeness (QED) is 0.266. The van der Waals surface area contributed by atoms with Crippen LogP contribution in [0.3, 0.4) is 0 Å². The average molecular weight is 468 g/mol. The third kappa shape index (κ3) is 4.69. The lowest BCUT2D eigenvalue weighted by molar-refractivity contribution is 0.0958. The molecule has 0 atom stereocenters. The van der Waals surface area contributed by atoms with E-state index in [0.29, 0.717) is 26.2 Å². The lowest BCUT2D eigenvalue weighted by Gasteiger charge is -2.07. The van der Waals surface area contributed by atoms with Gasteiger partial charge in [-0.15, -0.1) is 22.7 Å². The average Bonchev–Trinajstić information content (AvgIpc) is 3.40. The number of anilines is 1. The molecule has 5 nitrogen and oxygen atoms in total. The minimum atomic E-state index is -0.356. The van der Waals surface area contributed by atoms with Gasteiger partial charge in [0.1, 0.15) is 4.88 Å². The van der Waals surface area contributed by atoms with Gasteiger partial charge in [-0.05, 0) is 54.6 Å². The fraction of sp³-hybridized carbons (Fsp3) is 0.0870. The molecule has 0 aliphatic rings. The van der Waals surface area contributed by atoms with Crippen LogP contribution in [0.4, 0.5) is 5.69 Å². The summed E-state index contributed by atoms with van der Waals surface area (Å²) in [5.41, 5.74) is 5.73. The first-order valence-electron chi connectivity index (χ1n) is 9.41. The minimum Gasteiger partial charge on any atom is -0.321 e. The van der Waals surface area contributed by atoms with Crippen molar-refractivity contribution in [2.75, 3.05) is 5.32 Å². The molecular formula is C23H18ClN3O2S2. The van der Waals surface area contributed by atoms with E-state index in [-0.39, 0.29) is 11.8 Å². The Morgan fingerprint density at radius 1 is 1.03 bits per heavy atom. The second kappa shape index (κ2) is 9.01. The first-order valence-corrected chi connectivity index (χ1v) is 11.5. The van der Waals surface area contributed by atoms with Gasteiger partial charge in [0, 0.05) is 15.8 Å². The van der Waals surface area contributed by atoms with Crippen LogP contribution in [0, 0.1) is 6.92 Å². The predicted octanol–water partition coefficient (Wildman–Crippen LogP) is 6.33. The van der Waals surface area contributed by atoms with E-state index in [0.717, 1.165) is 21.2 Å². The van der Waals surface area contributed by atoms with Gasteiger partial charge in [-0.2, -0.15) is 5.10 Å². The van der Waals surface area contributed by atoms with E-state index >= 15 is 0 Å². The van der Waals surface area contributed by atoms with Crippen molar-refractivity contribution in [2.45, 2.75) is 13.8 Å². The van der Waals surface area contributed by atoms with Gasteiger partial charge in [0.25, 0.3) is 11.8 Å². The number of halogens is 1. The molecule has 2 heterocycles. The van der Waals surface area contributed by atoms with Crippen LogP contribution in [0.1, 0.15) is 37.4 Å². The maximum Gasteiger partial charge on any atom is 0.283 e. The molecule has 31 heavy (non-hydrogen) atoms. The molecule has 0 unspecified atom stereocenters. The Hall–Kier alpha value is -3.00. The van der Waals surface area contributed by atoms with Crippen LogP contribution in [0.2, 0.25) is 5.02 Å². The van der Waals surface area contributed by atoms with Crippen LogP contribution in [0.25, 0.3) is 10.1 Å². The number of hydrogen-bond acceptors (Lipinski definition) is 5. The second-order valence-corrected chi connectivity index (χ2v) is 9.27. The van der Waals surface area contributed by atoms with Gasteiger partial charge in [0.15, 0.2) is 0 Å². The minimum absolute atomic E-state index is 0.162. The molecule has 2 aromatic heterocycles. The highest BCUT2D eigenvalue weighted by Gasteiger charge is 2.17. The van der Waals surface area contributed by atoms with Crippen LogP contribution in [0.15, 0.2) is 65.1 Å². The zero-order valence-corrected chi connectivity index (χ0v) is 19.1. The number of hydrogen-bond donors (Lipinski definition) is 2. The molecule has 4 aromatic rings. The highest BCUT2D eigenvalue weighted by molar-refractivity contribution is 7.21. The summed E-state index contributed by atoms with van der Waals surface area (Å²) in [6, 6.07) is 16.8. The number of fused-ring (bicyclic) bond motifs is 1. The molecule has 0 radical (unpaired) electrons. The fourth-order valence-electron chi connectivity index (χ4n) is 2.99. The topological polar surface area (TPSA) is 70.6 Å². The summed E-state index contributed by atoms with van der Waals surface area (Å²) < 4.78 is 0.963.